The number of hydrogen-bond acceptors (Lipinski definition) is 4. The topological polar surface area (TPSA) is 75.7 Å². The molecule has 7 heteroatoms. The van der Waals surface area contributed by atoms with Gasteiger partial charge >= 0.3 is 0 Å². The Morgan fingerprint density at radius 3 is 2.50 bits per heavy atom. The Kier molecular flexibility index (Phi) is 6.26. The molecule has 0 fully saturated rings. The molecule has 0 aliphatic heterocycles. The van der Waals surface area contributed by atoms with E-state index in [4.69, 9.17) is 4.74 Å². The number of amides is 1. The number of carbonyl (C=O) groups is 1. The van der Waals surface area contributed by atoms with Crippen molar-refractivity contribution in [3.8, 4) is 5.75 Å². The Labute approximate surface area is 154 Å². The first-order chi connectivity index (χ1) is 12.3. The molecule has 0 aliphatic carbocycles. The Bertz CT molecular complexity index is 881. The number of nitrogens with zero attached hydrogens (tertiary/aromatic N) is 1. The van der Waals surface area contributed by atoms with E-state index in [0.717, 1.165) is 22.5 Å². The number of ether oxygens (including phenoxy) is 1. The lowest BCUT2D eigenvalue weighted by atomic mass is 10.1. The molecular formula is C19H24N2O4S. The van der Waals surface area contributed by atoms with Crippen molar-refractivity contribution >= 4 is 27.3 Å². The highest BCUT2D eigenvalue weighted by atomic mass is 32.2. The van der Waals surface area contributed by atoms with Crippen LogP contribution in [0.5, 0.6) is 5.75 Å². The molecule has 1 amide bonds. The van der Waals surface area contributed by atoms with Crippen LogP contribution in [0.3, 0.4) is 0 Å². The van der Waals surface area contributed by atoms with Crippen LogP contribution in [0.4, 0.5) is 11.4 Å². The molecule has 0 saturated heterocycles. The van der Waals surface area contributed by atoms with Gasteiger partial charge in [0.05, 0.1) is 19.1 Å². The highest BCUT2D eigenvalue weighted by molar-refractivity contribution is 7.92. The van der Waals surface area contributed by atoms with E-state index >= 15 is 0 Å². The lowest BCUT2D eigenvalue weighted by Crippen LogP contribution is -2.45. The van der Waals surface area contributed by atoms with Crippen LogP contribution in [0.25, 0.3) is 0 Å². The van der Waals surface area contributed by atoms with Crippen LogP contribution in [-0.2, 0) is 21.2 Å². The first-order valence-corrected chi connectivity index (χ1v) is 10.1. The molecule has 6 nitrogen and oxygen atoms in total. The van der Waals surface area contributed by atoms with Crippen LogP contribution >= 0.6 is 0 Å². The number of benzene rings is 2. The lowest BCUT2D eigenvalue weighted by Gasteiger charge is -2.28. The average molecular weight is 376 g/mol. The predicted molar refractivity (Wildman–Crippen MR) is 104 cm³/mol. The zero-order chi connectivity index (χ0) is 19.3. The zero-order valence-corrected chi connectivity index (χ0v) is 16.2. The molecular weight excluding hydrogens is 352 g/mol. The normalized spacial score (nSPS) is 12.3. The number of rotatable bonds is 7. The number of hydrogen-bond donors (Lipinski definition) is 1. The summed E-state index contributed by atoms with van der Waals surface area (Å²) < 4.78 is 31.0. The quantitative estimate of drug-likeness (QED) is 0.806. The van der Waals surface area contributed by atoms with Crippen LogP contribution in [-0.4, -0.2) is 33.7 Å². The number of anilines is 2. The summed E-state index contributed by atoms with van der Waals surface area (Å²) in [5, 5.41) is 2.84. The summed E-state index contributed by atoms with van der Waals surface area (Å²) in [5.74, 6) is 0.110. The maximum absolute atomic E-state index is 12.7. The number of aryl methyl sites for hydroxylation is 1. The van der Waals surface area contributed by atoms with Gasteiger partial charge in [-0.2, -0.15) is 0 Å². The van der Waals surface area contributed by atoms with Crippen molar-refractivity contribution in [1.82, 2.24) is 0 Å². The highest BCUT2D eigenvalue weighted by Gasteiger charge is 2.29. The van der Waals surface area contributed by atoms with Gasteiger partial charge in [-0.05, 0) is 37.1 Å². The molecule has 2 aromatic carbocycles. The number of nitrogens with one attached hydrogen (secondary N) is 1. The van der Waals surface area contributed by atoms with E-state index in [1.165, 1.54) is 7.11 Å². The molecule has 1 atom stereocenters. The van der Waals surface area contributed by atoms with Crippen LogP contribution < -0.4 is 14.4 Å². The molecule has 0 bridgehead atoms. The van der Waals surface area contributed by atoms with E-state index in [-0.39, 0.29) is 0 Å². The third kappa shape index (κ3) is 4.54. The minimum atomic E-state index is -3.68. The van der Waals surface area contributed by atoms with Gasteiger partial charge < -0.3 is 10.1 Å². The van der Waals surface area contributed by atoms with Gasteiger partial charge in [-0.1, -0.05) is 31.2 Å². The molecule has 0 radical (unpaired) electrons. The summed E-state index contributed by atoms with van der Waals surface area (Å²) in [4.78, 5) is 12.7. The fourth-order valence-electron chi connectivity index (χ4n) is 2.74. The van der Waals surface area contributed by atoms with Crippen molar-refractivity contribution in [3.63, 3.8) is 0 Å². The third-order valence-corrected chi connectivity index (χ3v) is 5.29. The molecule has 2 aromatic rings. The largest absolute Gasteiger partial charge is 0.497 e. The van der Waals surface area contributed by atoms with Gasteiger partial charge in [-0.25, -0.2) is 8.42 Å². The first kappa shape index (κ1) is 19.8. The summed E-state index contributed by atoms with van der Waals surface area (Å²) in [6.45, 7) is 3.55. The molecule has 140 valence electrons. The highest BCUT2D eigenvalue weighted by Crippen LogP contribution is 2.26. The fraction of sp³-hybridized carbons (Fsp3) is 0.316. The van der Waals surface area contributed by atoms with Crippen LogP contribution in [0.15, 0.2) is 48.5 Å². The standard InChI is InChI=1S/C19H24N2O4S/c1-5-15-9-6-7-12-18(15)20-19(22)14(2)21(26(4,23)24)16-10-8-11-17(13-16)25-3/h6-14H,5H2,1-4H3,(H,20,22)/t14-/m1/s1. The van der Waals surface area contributed by atoms with Crippen molar-refractivity contribution in [2.45, 2.75) is 26.3 Å². The van der Waals surface area contributed by atoms with E-state index in [1.807, 2.05) is 25.1 Å². The number of carbonyl (C=O) groups excluding carboxylic acids is 1. The maximum atomic E-state index is 12.7. The maximum Gasteiger partial charge on any atom is 0.248 e. The second kappa shape index (κ2) is 8.23. The van der Waals surface area contributed by atoms with Gasteiger partial charge in [0.25, 0.3) is 0 Å². The molecule has 0 spiro atoms. The Balaban J connectivity index is 2.34. The predicted octanol–water partition coefficient (Wildman–Crippen LogP) is 3.05. The Morgan fingerprint density at radius 2 is 1.88 bits per heavy atom. The molecule has 0 aliphatic rings. The minimum Gasteiger partial charge on any atom is -0.497 e. The van der Waals surface area contributed by atoms with E-state index in [9.17, 15) is 13.2 Å². The smallest absolute Gasteiger partial charge is 0.248 e. The van der Waals surface area contributed by atoms with E-state index in [0.29, 0.717) is 17.1 Å². The second-order valence-electron chi connectivity index (χ2n) is 5.94. The van der Waals surface area contributed by atoms with Crippen molar-refractivity contribution in [1.29, 1.82) is 0 Å². The second-order valence-corrected chi connectivity index (χ2v) is 7.80. The molecule has 0 heterocycles. The van der Waals surface area contributed by atoms with Crippen LogP contribution in [0.2, 0.25) is 0 Å². The van der Waals surface area contributed by atoms with Gasteiger partial charge in [0.2, 0.25) is 15.9 Å². The zero-order valence-electron chi connectivity index (χ0n) is 15.4. The minimum absolute atomic E-state index is 0.373. The van der Waals surface area contributed by atoms with Gasteiger partial charge in [0.15, 0.2) is 0 Å². The van der Waals surface area contributed by atoms with Crippen LogP contribution in [0.1, 0.15) is 19.4 Å². The Morgan fingerprint density at radius 1 is 1.19 bits per heavy atom. The summed E-state index contributed by atoms with van der Waals surface area (Å²) in [6.07, 6.45) is 1.84. The average Bonchev–Trinajstić information content (AvgIpc) is 2.61. The Hall–Kier alpha value is -2.54. The van der Waals surface area contributed by atoms with Gasteiger partial charge in [-0.3, -0.25) is 9.10 Å². The van der Waals surface area contributed by atoms with E-state index in [1.54, 1.807) is 37.3 Å². The number of methoxy groups -OCH3 is 1. The van der Waals surface area contributed by atoms with Gasteiger partial charge in [0, 0.05) is 11.8 Å². The van der Waals surface area contributed by atoms with Gasteiger partial charge in [0.1, 0.15) is 11.8 Å². The van der Waals surface area contributed by atoms with E-state index < -0.39 is 22.0 Å². The number of para-hydroxylation sites is 1. The monoisotopic (exact) mass is 376 g/mol. The molecule has 1 N–H and O–H groups in total. The summed E-state index contributed by atoms with van der Waals surface area (Å²) in [7, 11) is -2.18. The van der Waals surface area contributed by atoms with Gasteiger partial charge in [-0.15, -0.1) is 0 Å². The lowest BCUT2D eigenvalue weighted by molar-refractivity contribution is -0.116. The van der Waals surface area contributed by atoms with E-state index in [2.05, 4.69) is 5.32 Å². The summed E-state index contributed by atoms with van der Waals surface area (Å²) >= 11 is 0. The van der Waals surface area contributed by atoms with Crippen LogP contribution in [0, 0.1) is 0 Å². The van der Waals surface area contributed by atoms with Crippen molar-refractivity contribution in [2.75, 3.05) is 23.0 Å². The summed E-state index contributed by atoms with van der Waals surface area (Å²) in [6, 6.07) is 13.2. The molecule has 0 unspecified atom stereocenters. The molecule has 2 rings (SSSR count). The fourth-order valence-corrected chi connectivity index (χ4v) is 3.91. The molecule has 26 heavy (non-hydrogen) atoms. The van der Waals surface area contributed by atoms with Crippen molar-refractivity contribution in [3.05, 3.63) is 54.1 Å². The van der Waals surface area contributed by atoms with Crippen molar-refractivity contribution < 1.29 is 17.9 Å². The molecule has 0 saturated carbocycles. The van der Waals surface area contributed by atoms with Crippen molar-refractivity contribution in [2.24, 2.45) is 0 Å². The summed E-state index contributed by atoms with van der Waals surface area (Å²) in [5.41, 5.74) is 2.05. The SMILES string of the molecule is CCc1ccccc1NC(=O)[C@@H](C)N(c1cccc(OC)c1)S(C)(=O)=O. The third-order valence-electron chi connectivity index (χ3n) is 4.05. The molecule has 0 aromatic heterocycles. The first-order valence-electron chi connectivity index (χ1n) is 8.30. The number of sulfonamides is 1.